The van der Waals surface area contributed by atoms with E-state index in [0.717, 1.165) is 17.8 Å². The van der Waals surface area contributed by atoms with Crippen molar-refractivity contribution in [3.05, 3.63) is 47.7 Å². The molecule has 1 aromatic carbocycles. The highest BCUT2D eigenvalue weighted by atomic mass is 19.4. The molecule has 1 heterocycles. The number of hydrogen-bond acceptors (Lipinski definition) is 2. The van der Waals surface area contributed by atoms with Gasteiger partial charge in [-0.05, 0) is 42.8 Å². The maximum absolute atomic E-state index is 12.8. The lowest BCUT2D eigenvalue weighted by Gasteiger charge is -2.14. The van der Waals surface area contributed by atoms with Gasteiger partial charge < -0.3 is 4.90 Å². The molecule has 0 spiro atoms. The molecule has 0 unspecified atom stereocenters. The van der Waals surface area contributed by atoms with Gasteiger partial charge in [-0.25, -0.2) is 0 Å². The van der Waals surface area contributed by atoms with Gasteiger partial charge in [0, 0.05) is 31.5 Å². The maximum atomic E-state index is 12.8. The molecule has 0 saturated carbocycles. The van der Waals surface area contributed by atoms with Crippen LogP contribution in [0, 0.1) is 6.92 Å². The summed E-state index contributed by atoms with van der Waals surface area (Å²) in [4.78, 5) is 6.04. The highest BCUT2D eigenvalue weighted by Crippen LogP contribution is 2.33. The maximum Gasteiger partial charge on any atom is 0.416 e. The smallest absolute Gasteiger partial charge is 0.378 e. The number of nitrogens with zero attached hydrogens (tertiary/aromatic N) is 2. The molecule has 2 rings (SSSR count). The molecule has 0 aliphatic carbocycles. The number of rotatable bonds is 2. The summed E-state index contributed by atoms with van der Waals surface area (Å²) in [6, 6.07) is 7.56. The summed E-state index contributed by atoms with van der Waals surface area (Å²) in [6.45, 7) is 1.65. The predicted molar refractivity (Wildman–Crippen MR) is 73.7 cm³/mol. The number of hydrogen-bond donors (Lipinski definition) is 0. The minimum absolute atomic E-state index is 0.473. The molecule has 2 nitrogen and oxygen atoms in total. The lowest BCUT2D eigenvalue weighted by atomic mass is 10.0. The van der Waals surface area contributed by atoms with E-state index in [0.29, 0.717) is 16.8 Å². The van der Waals surface area contributed by atoms with Gasteiger partial charge in [0.2, 0.25) is 0 Å². The van der Waals surface area contributed by atoms with Crippen molar-refractivity contribution in [3.8, 4) is 11.3 Å². The number of aromatic nitrogens is 1. The Labute approximate surface area is 115 Å². The topological polar surface area (TPSA) is 16.1 Å². The standard InChI is InChI=1S/C15H15F3N2/c1-10-6-11(8-12(7-10)15(16,17)18)14-9-13(20(2)3)4-5-19-14/h4-9H,1-3H3. The first-order chi connectivity index (χ1) is 9.27. The first-order valence-electron chi connectivity index (χ1n) is 6.10. The molecular formula is C15H15F3N2. The van der Waals surface area contributed by atoms with Crippen molar-refractivity contribution < 1.29 is 13.2 Å². The van der Waals surface area contributed by atoms with Crippen LogP contribution in [0.1, 0.15) is 11.1 Å². The molecule has 5 heteroatoms. The second kappa shape index (κ2) is 5.15. The van der Waals surface area contributed by atoms with Crippen LogP contribution in [0.4, 0.5) is 18.9 Å². The van der Waals surface area contributed by atoms with Crippen LogP contribution in [0.3, 0.4) is 0 Å². The summed E-state index contributed by atoms with van der Waals surface area (Å²) >= 11 is 0. The largest absolute Gasteiger partial charge is 0.416 e. The Kier molecular flexibility index (Phi) is 3.70. The minimum Gasteiger partial charge on any atom is -0.378 e. The quantitative estimate of drug-likeness (QED) is 0.821. The highest BCUT2D eigenvalue weighted by Gasteiger charge is 2.31. The zero-order valence-corrected chi connectivity index (χ0v) is 11.5. The monoisotopic (exact) mass is 280 g/mol. The van der Waals surface area contributed by atoms with Crippen molar-refractivity contribution in [2.75, 3.05) is 19.0 Å². The third kappa shape index (κ3) is 3.10. The predicted octanol–water partition coefficient (Wildman–Crippen LogP) is 4.14. The van der Waals surface area contributed by atoms with Gasteiger partial charge in [0.1, 0.15) is 0 Å². The van der Waals surface area contributed by atoms with Gasteiger partial charge in [0.05, 0.1) is 11.3 Å². The molecule has 0 saturated heterocycles. The van der Waals surface area contributed by atoms with Crippen LogP contribution in [-0.4, -0.2) is 19.1 Å². The Morgan fingerprint density at radius 3 is 2.35 bits per heavy atom. The Hall–Kier alpha value is -2.04. The van der Waals surface area contributed by atoms with E-state index in [9.17, 15) is 13.2 Å². The number of aryl methyl sites for hydroxylation is 1. The fourth-order valence-corrected chi connectivity index (χ4v) is 1.95. The van der Waals surface area contributed by atoms with Crippen LogP contribution in [0.15, 0.2) is 36.5 Å². The molecule has 1 aromatic heterocycles. The zero-order chi connectivity index (χ0) is 14.9. The molecule has 0 amide bonds. The zero-order valence-electron chi connectivity index (χ0n) is 11.5. The lowest BCUT2D eigenvalue weighted by Crippen LogP contribution is -2.09. The van der Waals surface area contributed by atoms with Crippen LogP contribution in [0.25, 0.3) is 11.3 Å². The van der Waals surface area contributed by atoms with Gasteiger partial charge in [0.25, 0.3) is 0 Å². The van der Waals surface area contributed by atoms with Gasteiger partial charge in [0.15, 0.2) is 0 Å². The Morgan fingerprint density at radius 2 is 1.75 bits per heavy atom. The van der Waals surface area contributed by atoms with Crippen molar-refractivity contribution in [3.63, 3.8) is 0 Å². The van der Waals surface area contributed by atoms with E-state index in [2.05, 4.69) is 4.98 Å². The molecule has 2 aromatic rings. The van der Waals surface area contributed by atoms with Crippen molar-refractivity contribution in [2.24, 2.45) is 0 Å². The van der Waals surface area contributed by atoms with Crippen LogP contribution in [0.2, 0.25) is 0 Å². The number of pyridine rings is 1. The molecule has 0 N–H and O–H groups in total. The number of anilines is 1. The Balaban J connectivity index is 2.53. The number of halogens is 3. The lowest BCUT2D eigenvalue weighted by molar-refractivity contribution is -0.137. The molecule has 20 heavy (non-hydrogen) atoms. The summed E-state index contributed by atoms with van der Waals surface area (Å²) < 4.78 is 38.5. The average Bonchev–Trinajstić information content (AvgIpc) is 2.37. The summed E-state index contributed by atoms with van der Waals surface area (Å²) in [6.07, 6.45) is -2.75. The minimum atomic E-state index is -4.35. The number of benzene rings is 1. The van der Waals surface area contributed by atoms with E-state index >= 15 is 0 Å². The molecule has 0 atom stereocenters. The summed E-state index contributed by atoms with van der Waals surface area (Å²) in [5.74, 6) is 0. The second-order valence-electron chi connectivity index (χ2n) is 4.88. The van der Waals surface area contributed by atoms with Gasteiger partial charge in [-0.1, -0.05) is 0 Å². The molecular weight excluding hydrogens is 265 g/mol. The fraction of sp³-hybridized carbons (Fsp3) is 0.267. The van der Waals surface area contributed by atoms with Gasteiger partial charge in [-0.2, -0.15) is 13.2 Å². The van der Waals surface area contributed by atoms with Gasteiger partial charge >= 0.3 is 6.18 Å². The van der Waals surface area contributed by atoms with E-state index in [4.69, 9.17) is 0 Å². The second-order valence-corrected chi connectivity index (χ2v) is 4.88. The van der Waals surface area contributed by atoms with E-state index in [-0.39, 0.29) is 0 Å². The molecule has 0 aliphatic heterocycles. The van der Waals surface area contributed by atoms with Gasteiger partial charge in [-0.3, -0.25) is 4.98 Å². The van der Waals surface area contributed by atoms with Crippen LogP contribution >= 0.6 is 0 Å². The van der Waals surface area contributed by atoms with Crippen molar-refractivity contribution in [1.29, 1.82) is 0 Å². The Morgan fingerprint density at radius 1 is 1.05 bits per heavy atom. The normalized spacial score (nSPS) is 11.5. The van der Waals surface area contributed by atoms with E-state index in [1.165, 1.54) is 0 Å². The SMILES string of the molecule is Cc1cc(-c2cc(N(C)C)ccn2)cc(C(F)(F)F)c1. The third-order valence-electron chi connectivity index (χ3n) is 2.96. The molecule has 0 bridgehead atoms. The van der Waals surface area contributed by atoms with Crippen molar-refractivity contribution in [2.45, 2.75) is 13.1 Å². The van der Waals surface area contributed by atoms with Crippen LogP contribution in [-0.2, 0) is 6.18 Å². The summed E-state index contributed by atoms with van der Waals surface area (Å²) in [5, 5.41) is 0. The van der Waals surface area contributed by atoms with Crippen molar-refractivity contribution in [1.82, 2.24) is 4.98 Å². The first-order valence-corrected chi connectivity index (χ1v) is 6.10. The molecule has 0 radical (unpaired) electrons. The summed E-state index contributed by atoms with van der Waals surface area (Å²) in [5.41, 5.74) is 1.81. The van der Waals surface area contributed by atoms with Crippen molar-refractivity contribution >= 4 is 5.69 Å². The summed E-state index contributed by atoms with van der Waals surface area (Å²) in [7, 11) is 3.74. The first kappa shape index (κ1) is 14.4. The molecule has 106 valence electrons. The highest BCUT2D eigenvalue weighted by molar-refractivity contribution is 5.66. The van der Waals surface area contributed by atoms with E-state index < -0.39 is 11.7 Å². The average molecular weight is 280 g/mol. The number of alkyl halides is 3. The fourth-order valence-electron chi connectivity index (χ4n) is 1.95. The van der Waals surface area contributed by atoms with Crippen LogP contribution < -0.4 is 4.90 Å². The third-order valence-corrected chi connectivity index (χ3v) is 2.96. The Bertz CT molecular complexity index is 619. The van der Waals surface area contributed by atoms with Gasteiger partial charge in [-0.15, -0.1) is 0 Å². The molecule has 0 aliphatic rings. The molecule has 0 fully saturated rings. The van der Waals surface area contributed by atoms with E-state index in [1.54, 1.807) is 25.3 Å². The van der Waals surface area contributed by atoms with Crippen LogP contribution in [0.5, 0.6) is 0 Å². The van der Waals surface area contributed by atoms with E-state index in [1.807, 2.05) is 25.1 Å².